The van der Waals surface area contributed by atoms with E-state index in [4.69, 9.17) is 9.47 Å². The number of likely N-dealkylation sites (N-methyl/N-ethyl adjacent to an activating group) is 1. The maximum absolute atomic E-state index is 12.8. The molecule has 3 rings (SSSR count). The van der Waals surface area contributed by atoms with Gasteiger partial charge in [0.15, 0.2) is 12.7 Å². The first kappa shape index (κ1) is 17.8. The number of aryl methyl sites for hydroxylation is 2. The van der Waals surface area contributed by atoms with Gasteiger partial charge in [-0.05, 0) is 49.2 Å². The van der Waals surface area contributed by atoms with Crippen molar-refractivity contribution in [2.24, 2.45) is 0 Å². The Morgan fingerprint density at radius 1 is 1.19 bits per heavy atom. The molecule has 0 aromatic heterocycles. The Morgan fingerprint density at radius 2 is 1.96 bits per heavy atom. The second-order valence-electron chi connectivity index (χ2n) is 6.23. The Kier molecular flexibility index (Phi) is 5.11. The highest BCUT2D eigenvalue weighted by atomic mass is 16.5. The molecule has 0 unspecified atom stereocenters. The van der Waals surface area contributed by atoms with Crippen LogP contribution in [-0.4, -0.2) is 38.1 Å². The predicted octanol–water partition coefficient (Wildman–Crippen LogP) is 2.22. The molecule has 6 heteroatoms. The Balaban J connectivity index is 1.76. The average molecular weight is 354 g/mol. The number of nitrogens with zero attached hydrogens (tertiary/aromatic N) is 1. The van der Waals surface area contributed by atoms with Crippen molar-refractivity contribution in [2.45, 2.75) is 20.0 Å². The third kappa shape index (κ3) is 3.64. The summed E-state index contributed by atoms with van der Waals surface area (Å²) in [5, 5.41) is 2.56. The first-order valence-corrected chi connectivity index (χ1v) is 8.47. The molecule has 0 aliphatic carbocycles. The second kappa shape index (κ2) is 7.47. The molecule has 0 bridgehead atoms. The Labute approximate surface area is 152 Å². The van der Waals surface area contributed by atoms with E-state index in [1.807, 2.05) is 38.1 Å². The van der Waals surface area contributed by atoms with Gasteiger partial charge in [-0.3, -0.25) is 9.59 Å². The van der Waals surface area contributed by atoms with Gasteiger partial charge in [-0.15, -0.1) is 0 Å². The van der Waals surface area contributed by atoms with Crippen LogP contribution in [0, 0.1) is 13.8 Å². The van der Waals surface area contributed by atoms with E-state index in [0.29, 0.717) is 17.2 Å². The van der Waals surface area contributed by atoms with Crippen molar-refractivity contribution >= 4 is 17.5 Å². The lowest BCUT2D eigenvalue weighted by atomic mass is 10.1. The van der Waals surface area contributed by atoms with Gasteiger partial charge >= 0.3 is 0 Å². The van der Waals surface area contributed by atoms with Gasteiger partial charge in [0, 0.05) is 7.05 Å². The van der Waals surface area contributed by atoms with Gasteiger partial charge in [0.05, 0.1) is 12.2 Å². The van der Waals surface area contributed by atoms with Crippen LogP contribution in [0.2, 0.25) is 0 Å². The van der Waals surface area contributed by atoms with Crippen LogP contribution in [0.5, 0.6) is 11.5 Å². The maximum Gasteiger partial charge on any atom is 0.265 e. The van der Waals surface area contributed by atoms with E-state index in [1.54, 1.807) is 30.1 Å². The molecule has 0 fully saturated rings. The monoisotopic (exact) mass is 354 g/mol. The number of para-hydroxylation sites is 2. The first-order chi connectivity index (χ1) is 12.5. The normalized spacial score (nSPS) is 15.7. The quantitative estimate of drug-likeness (QED) is 0.914. The molecule has 1 aliphatic heterocycles. The van der Waals surface area contributed by atoms with E-state index >= 15 is 0 Å². The van der Waals surface area contributed by atoms with Gasteiger partial charge in [-0.25, -0.2) is 0 Å². The molecule has 1 heterocycles. The molecule has 2 amide bonds. The third-order valence-corrected chi connectivity index (χ3v) is 4.45. The number of carbonyl (C=O) groups excluding carboxylic acids is 2. The number of amides is 2. The van der Waals surface area contributed by atoms with Gasteiger partial charge in [0.2, 0.25) is 0 Å². The first-order valence-electron chi connectivity index (χ1n) is 8.47. The van der Waals surface area contributed by atoms with Crippen LogP contribution >= 0.6 is 0 Å². The van der Waals surface area contributed by atoms with Crippen LogP contribution in [0.4, 0.5) is 5.69 Å². The molecule has 0 saturated carbocycles. The molecule has 26 heavy (non-hydrogen) atoms. The number of nitrogens with one attached hydrogen (secondary N) is 1. The maximum atomic E-state index is 12.8. The van der Waals surface area contributed by atoms with E-state index < -0.39 is 6.10 Å². The topological polar surface area (TPSA) is 67.9 Å². The van der Waals surface area contributed by atoms with E-state index in [0.717, 1.165) is 5.56 Å². The van der Waals surface area contributed by atoms with Crippen molar-refractivity contribution in [1.29, 1.82) is 0 Å². The molecule has 1 aliphatic rings. The molecule has 136 valence electrons. The molecule has 1 N–H and O–H groups in total. The fourth-order valence-corrected chi connectivity index (χ4v) is 2.79. The van der Waals surface area contributed by atoms with E-state index in [9.17, 15) is 9.59 Å². The summed E-state index contributed by atoms with van der Waals surface area (Å²) in [5.41, 5.74) is 2.91. The molecule has 6 nitrogen and oxygen atoms in total. The number of ether oxygens (including phenoxy) is 2. The van der Waals surface area contributed by atoms with Crippen molar-refractivity contribution in [3.05, 3.63) is 53.6 Å². The molecular weight excluding hydrogens is 332 g/mol. The number of carbonyl (C=O) groups is 2. The summed E-state index contributed by atoms with van der Waals surface area (Å²) >= 11 is 0. The highest BCUT2D eigenvalue weighted by molar-refractivity contribution is 5.98. The fraction of sp³-hybridized carbons (Fsp3) is 0.300. The zero-order chi connectivity index (χ0) is 18.7. The molecule has 0 radical (unpaired) electrons. The van der Waals surface area contributed by atoms with Crippen molar-refractivity contribution < 1.29 is 19.1 Å². The number of hydrogen-bond donors (Lipinski definition) is 1. The van der Waals surface area contributed by atoms with E-state index in [2.05, 4.69) is 5.32 Å². The van der Waals surface area contributed by atoms with Gasteiger partial charge in [-0.1, -0.05) is 18.2 Å². The van der Waals surface area contributed by atoms with E-state index in [-0.39, 0.29) is 25.0 Å². The van der Waals surface area contributed by atoms with Crippen molar-refractivity contribution in [3.8, 4) is 11.5 Å². The molecule has 2 aromatic carbocycles. The summed E-state index contributed by atoms with van der Waals surface area (Å²) in [7, 11) is 1.54. The Hall–Kier alpha value is -3.02. The SMILES string of the molecule is CNC(=O)[C@@H]1CN(C(=O)COc2ccc(C)c(C)c2)c2ccccc2O1. The average Bonchev–Trinajstić information content (AvgIpc) is 2.67. The third-order valence-electron chi connectivity index (χ3n) is 4.45. The minimum absolute atomic E-state index is 0.114. The van der Waals surface area contributed by atoms with E-state index in [1.165, 1.54) is 5.56 Å². The summed E-state index contributed by atoms with van der Waals surface area (Å²) in [6.07, 6.45) is -0.750. The number of fused-ring (bicyclic) bond motifs is 1. The van der Waals surface area contributed by atoms with Crippen molar-refractivity contribution in [1.82, 2.24) is 5.32 Å². The van der Waals surface area contributed by atoms with Gasteiger partial charge in [0.1, 0.15) is 11.5 Å². The molecule has 0 saturated heterocycles. The van der Waals surface area contributed by atoms with Gasteiger partial charge in [0.25, 0.3) is 11.8 Å². The standard InChI is InChI=1S/C20H22N2O4/c1-13-8-9-15(10-14(13)2)25-12-19(23)22-11-18(20(24)21-3)26-17-7-5-4-6-16(17)22/h4-10,18H,11-12H2,1-3H3,(H,21,24)/t18-/m0/s1. The molecule has 0 spiro atoms. The minimum Gasteiger partial charge on any atom is -0.484 e. The van der Waals surface area contributed by atoms with Crippen LogP contribution in [0.1, 0.15) is 11.1 Å². The highest BCUT2D eigenvalue weighted by Crippen LogP contribution is 2.33. The van der Waals surface area contributed by atoms with Gasteiger partial charge < -0.3 is 19.7 Å². The number of hydrogen-bond acceptors (Lipinski definition) is 4. The highest BCUT2D eigenvalue weighted by Gasteiger charge is 2.33. The lowest BCUT2D eigenvalue weighted by molar-refractivity contribution is -0.128. The minimum atomic E-state index is -0.750. The zero-order valence-electron chi connectivity index (χ0n) is 15.1. The number of rotatable bonds is 4. The summed E-state index contributed by atoms with van der Waals surface area (Å²) in [5.74, 6) is 0.651. The van der Waals surface area contributed by atoms with Crippen LogP contribution < -0.4 is 19.7 Å². The van der Waals surface area contributed by atoms with Gasteiger partial charge in [-0.2, -0.15) is 0 Å². The summed E-state index contributed by atoms with van der Waals surface area (Å²) in [4.78, 5) is 26.3. The number of benzene rings is 2. The lowest BCUT2D eigenvalue weighted by Crippen LogP contribution is -2.51. The largest absolute Gasteiger partial charge is 0.484 e. The van der Waals surface area contributed by atoms with Crippen molar-refractivity contribution in [3.63, 3.8) is 0 Å². The summed E-state index contributed by atoms with van der Waals surface area (Å²) in [6, 6.07) is 12.9. The van der Waals surface area contributed by atoms with Crippen LogP contribution in [0.25, 0.3) is 0 Å². The van der Waals surface area contributed by atoms with Crippen LogP contribution in [0.3, 0.4) is 0 Å². The summed E-state index contributed by atoms with van der Waals surface area (Å²) < 4.78 is 11.4. The number of anilines is 1. The zero-order valence-corrected chi connectivity index (χ0v) is 15.1. The van der Waals surface area contributed by atoms with Crippen LogP contribution in [0.15, 0.2) is 42.5 Å². The molecule has 2 aromatic rings. The lowest BCUT2D eigenvalue weighted by Gasteiger charge is -2.33. The second-order valence-corrected chi connectivity index (χ2v) is 6.23. The predicted molar refractivity (Wildman–Crippen MR) is 98.7 cm³/mol. The fourth-order valence-electron chi connectivity index (χ4n) is 2.79. The van der Waals surface area contributed by atoms with Crippen molar-refractivity contribution in [2.75, 3.05) is 25.1 Å². The van der Waals surface area contributed by atoms with Crippen LogP contribution in [-0.2, 0) is 9.59 Å². The summed E-state index contributed by atoms with van der Waals surface area (Å²) in [6.45, 7) is 4.05. The molecule has 1 atom stereocenters. The Bertz CT molecular complexity index is 834. The molecular formula is C20H22N2O4. The Morgan fingerprint density at radius 3 is 2.69 bits per heavy atom. The smallest absolute Gasteiger partial charge is 0.265 e.